The molecule has 17 heavy (non-hydrogen) atoms. The lowest BCUT2D eigenvalue weighted by Gasteiger charge is -2.14. The van der Waals surface area contributed by atoms with Crippen LogP contribution in [-0.2, 0) is 0 Å². The van der Waals surface area contributed by atoms with Crippen molar-refractivity contribution in [2.45, 2.75) is 13.0 Å². The van der Waals surface area contributed by atoms with Gasteiger partial charge in [-0.1, -0.05) is 23.2 Å². The summed E-state index contributed by atoms with van der Waals surface area (Å²) in [4.78, 5) is 0. The van der Waals surface area contributed by atoms with Gasteiger partial charge in [-0.15, -0.1) is 11.3 Å². The predicted molar refractivity (Wildman–Crippen MR) is 72.8 cm³/mol. The topological polar surface area (TPSA) is 12.0 Å². The molecule has 1 unspecified atom stereocenters. The summed E-state index contributed by atoms with van der Waals surface area (Å²) < 4.78 is 13.7. The largest absolute Gasteiger partial charge is 0.378 e. The number of thiophene rings is 1. The fourth-order valence-corrected chi connectivity index (χ4v) is 2.63. The summed E-state index contributed by atoms with van der Waals surface area (Å²) in [6.45, 7) is 2.01. The molecule has 2 rings (SSSR count). The van der Waals surface area contributed by atoms with Crippen LogP contribution in [0.4, 0.5) is 10.1 Å². The van der Waals surface area contributed by atoms with Crippen LogP contribution in [0.1, 0.15) is 18.5 Å². The molecule has 0 aliphatic rings. The highest BCUT2D eigenvalue weighted by Gasteiger charge is 2.08. The Morgan fingerprint density at radius 1 is 1.29 bits per heavy atom. The zero-order chi connectivity index (χ0) is 12.4. The second-order valence-electron chi connectivity index (χ2n) is 3.68. The number of nitrogens with one attached hydrogen (secondary N) is 1. The monoisotopic (exact) mass is 289 g/mol. The fourth-order valence-electron chi connectivity index (χ4n) is 1.47. The summed E-state index contributed by atoms with van der Waals surface area (Å²) in [6.07, 6.45) is 0. The van der Waals surface area contributed by atoms with E-state index in [0.29, 0.717) is 0 Å². The maximum atomic E-state index is 13.0. The first-order chi connectivity index (χ1) is 8.06. The third-order valence-corrected chi connectivity index (χ3v) is 3.79. The minimum absolute atomic E-state index is 0.0975. The van der Waals surface area contributed by atoms with Crippen LogP contribution in [0.15, 0.2) is 29.6 Å². The van der Waals surface area contributed by atoms with Gasteiger partial charge >= 0.3 is 0 Å². The molecule has 5 heteroatoms. The van der Waals surface area contributed by atoms with Gasteiger partial charge in [0.2, 0.25) is 0 Å². The molecular weight excluding hydrogens is 280 g/mol. The fraction of sp³-hybridized carbons (Fsp3) is 0.167. The summed E-state index contributed by atoms with van der Waals surface area (Å²) >= 11 is 13.1. The molecule has 0 bridgehead atoms. The molecule has 0 radical (unpaired) electrons. The second kappa shape index (κ2) is 5.25. The quantitative estimate of drug-likeness (QED) is 0.801. The van der Waals surface area contributed by atoms with E-state index >= 15 is 0 Å². The van der Waals surface area contributed by atoms with Gasteiger partial charge in [-0.05, 0) is 42.1 Å². The van der Waals surface area contributed by atoms with Gasteiger partial charge in [-0.2, -0.15) is 0 Å². The molecule has 1 atom stereocenters. The summed E-state index contributed by atoms with van der Waals surface area (Å²) in [5.41, 5.74) is 1.88. The smallest absolute Gasteiger partial charge is 0.141 e. The second-order valence-corrected chi connectivity index (χ2v) is 5.63. The zero-order valence-corrected chi connectivity index (χ0v) is 11.3. The van der Waals surface area contributed by atoms with E-state index in [1.165, 1.54) is 17.4 Å². The van der Waals surface area contributed by atoms with Crippen LogP contribution in [0.2, 0.25) is 9.36 Å². The van der Waals surface area contributed by atoms with Crippen LogP contribution in [0.3, 0.4) is 0 Å². The number of benzene rings is 1. The third kappa shape index (κ3) is 3.12. The van der Waals surface area contributed by atoms with E-state index in [1.807, 2.05) is 18.4 Å². The number of hydrogen-bond acceptors (Lipinski definition) is 2. The van der Waals surface area contributed by atoms with E-state index in [-0.39, 0.29) is 11.1 Å². The summed E-state index contributed by atoms with van der Waals surface area (Å²) in [6, 6.07) is 6.58. The van der Waals surface area contributed by atoms with Crippen LogP contribution >= 0.6 is 34.5 Å². The van der Waals surface area contributed by atoms with Gasteiger partial charge < -0.3 is 5.32 Å². The lowest BCUT2D eigenvalue weighted by atomic mass is 10.1. The molecule has 0 amide bonds. The zero-order valence-electron chi connectivity index (χ0n) is 9.01. The molecule has 0 aliphatic carbocycles. The lowest BCUT2D eigenvalue weighted by Crippen LogP contribution is -2.05. The Balaban J connectivity index is 2.12. The molecule has 1 nitrogen and oxygen atoms in total. The van der Waals surface area contributed by atoms with Crippen molar-refractivity contribution in [3.8, 4) is 0 Å². The van der Waals surface area contributed by atoms with Gasteiger partial charge in [0.25, 0.3) is 0 Å². The summed E-state index contributed by atoms with van der Waals surface area (Å²) in [5, 5.41) is 5.34. The van der Waals surface area contributed by atoms with Crippen molar-refractivity contribution >= 4 is 40.2 Å². The van der Waals surface area contributed by atoms with Crippen molar-refractivity contribution in [3.63, 3.8) is 0 Å². The molecule has 1 aromatic carbocycles. The maximum absolute atomic E-state index is 13.0. The molecule has 0 saturated heterocycles. The van der Waals surface area contributed by atoms with E-state index in [0.717, 1.165) is 15.6 Å². The lowest BCUT2D eigenvalue weighted by molar-refractivity contribution is 0.628. The van der Waals surface area contributed by atoms with Gasteiger partial charge in [-0.3, -0.25) is 0 Å². The summed E-state index contributed by atoms with van der Waals surface area (Å²) in [5.74, 6) is -0.413. The predicted octanol–water partition coefficient (Wildman–Crippen LogP) is 5.37. The molecule has 0 fully saturated rings. The van der Waals surface area contributed by atoms with Crippen LogP contribution < -0.4 is 5.32 Å². The van der Waals surface area contributed by atoms with Crippen molar-refractivity contribution in [1.29, 1.82) is 0 Å². The molecule has 1 heterocycles. The highest BCUT2D eigenvalue weighted by Crippen LogP contribution is 2.28. The summed E-state index contributed by atoms with van der Waals surface area (Å²) in [7, 11) is 0. The van der Waals surface area contributed by atoms with Crippen molar-refractivity contribution in [2.24, 2.45) is 0 Å². The number of rotatable bonds is 3. The van der Waals surface area contributed by atoms with Gasteiger partial charge in [-0.25, -0.2) is 4.39 Å². The standard InChI is InChI=1S/C12H10Cl2FNS/c1-7(8-4-12(14)17-6-8)16-9-2-3-11(15)10(13)5-9/h2-7,16H,1H3. The van der Waals surface area contributed by atoms with Gasteiger partial charge in [0.05, 0.1) is 9.36 Å². The molecule has 0 saturated carbocycles. The number of halogens is 3. The van der Waals surface area contributed by atoms with Gasteiger partial charge in [0.15, 0.2) is 0 Å². The van der Waals surface area contributed by atoms with E-state index in [2.05, 4.69) is 5.32 Å². The van der Waals surface area contributed by atoms with E-state index < -0.39 is 5.82 Å². The SMILES string of the molecule is CC(Nc1ccc(F)c(Cl)c1)c1csc(Cl)c1. The third-order valence-electron chi connectivity index (χ3n) is 2.39. The first-order valence-corrected chi connectivity index (χ1v) is 6.65. The van der Waals surface area contributed by atoms with Crippen molar-refractivity contribution < 1.29 is 4.39 Å². The Hall–Kier alpha value is -0.770. The Kier molecular flexibility index (Phi) is 3.92. The van der Waals surface area contributed by atoms with Crippen molar-refractivity contribution in [2.75, 3.05) is 5.32 Å². The molecule has 2 aromatic rings. The number of anilines is 1. The van der Waals surface area contributed by atoms with Gasteiger partial charge in [0.1, 0.15) is 5.82 Å². The van der Waals surface area contributed by atoms with Crippen LogP contribution in [0.25, 0.3) is 0 Å². The van der Waals surface area contributed by atoms with E-state index in [9.17, 15) is 4.39 Å². The average Bonchev–Trinajstić information content (AvgIpc) is 2.70. The van der Waals surface area contributed by atoms with Crippen LogP contribution in [0, 0.1) is 5.82 Å². The highest BCUT2D eigenvalue weighted by molar-refractivity contribution is 7.14. The Labute approximate surface area is 113 Å². The molecule has 90 valence electrons. The van der Waals surface area contributed by atoms with Gasteiger partial charge in [0, 0.05) is 11.7 Å². The van der Waals surface area contributed by atoms with E-state index in [1.54, 1.807) is 12.1 Å². The first-order valence-electron chi connectivity index (χ1n) is 5.02. The number of hydrogen-bond donors (Lipinski definition) is 1. The van der Waals surface area contributed by atoms with Crippen molar-refractivity contribution in [1.82, 2.24) is 0 Å². The molecule has 1 N–H and O–H groups in total. The molecule has 1 aromatic heterocycles. The normalized spacial score (nSPS) is 12.5. The Morgan fingerprint density at radius 3 is 2.65 bits per heavy atom. The average molecular weight is 290 g/mol. The molecule has 0 aliphatic heterocycles. The first kappa shape index (κ1) is 12.7. The van der Waals surface area contributed by atoms with Crippen LogP contribution in [0.5, 0.6) is 0 Å². The van der Waals surface area contributed by atoms with Crippen molar-refractivity contribution in [3.05, 3.63) is 50.4 Å². The minimum Gasteiger partial charge on any atom is -0.378 e. The maximum Gasteiger partial charge on any atom is 0.141 e. The van der Waals surface area contributed by atoms with E-state index in [4.69, 9.17) is 23.2 Å². The highest BCUT2D eigenvalue weighted by atomic mass is 35.5. The molecular formula is C12H10Cl2FNS. The minimum atomic E-state index is -0.413. The van der Waals surface area contributed by atoms with Crippen LogP contribution in [-0.4, -0.2) is 0 Å². The molecule has 0 spiro atoms. The Morgan fingerprint density at radius 2 is 2.06 bits per heavy atom. The Bertz CT molecular complexity index is 527.